The predicted molar refractivity (Wildman–Crippen MR) is 76.7 cm³/mol. The molecule has 3 atom stereocenters. The second-order valence-corrected chi connectivity index (χ2v) is 5.90. The predicted octanol–water partition coefficient (Wildman–Crippen LogP) is 1.78. The number of hydrogen-bond donors (Lipinski definition) is 2. The average Bonchev–Trinajstić information content (AvgIpc) is 3.21. The summed E-state index contributed by atoms with van der Waals surface area (Å²) < 4.78 is 5.28. The largest absolute Gasteiger partial charge is 0.463 e. The number of fused-ring (bicyclic) bond motifs is 3. The average molecular weight is 281 g/mol. The zero-order chi connectivity index (χ0) is 14.4. The van der Waals surface area contributed by atoms with Gasteiger partial charge in [-0.1, -0.05) is 0 Å². The van der Waals surface area contributed by atoms with Gasteiger partial charge in [-0.3, -0.25) is 4.79 Å². The fourth-order valence-electron chi connectivity index (χ4n) is 3.52. The summed E-state index contributed by atoms with van der Waals surface area (Å²) in [5.41, 5.74) is 1.66. The van der Waals surface area contributed by atoms with Crippen LogP contribution < -0.4 is 10.6 Å². The monoisotopic (exact) mass is 281 g/mol. The summed E-state index contributed by atoms with van der Waals surface area (Å²) in [5.74, 6) is 0.614. The third kappa shape index (κ3) is 1.99. The van der Waals surface area contributed by atoms with Gasteiger partial charge in [0.1, 0.15) is 17.9 Å². The van der Waals surface area contributed by atoms with Crippen molar-refractivity contribution in [2.24, 2.45) is 5.92 Å². The lowest BCUT2D eigenvalue weighted by Gasteiger charge is -2.24. The number of nitrogens with one attached hydrogen (secondary N) is 2. The SMILES string of the molecule is N#Cc1coc2ccc(C(=O)NC3CC4CNC3C4)cc12. The Balaban J connectivity index is 1.58. The molecule has 1 aliphatic carbocycles. The highest BCUT2D eigenvalue weighted by molar-refractivity contribution is 5.99. The Morgan fingerprint density at radius 3 is 3.05 bits per heavy atom. The third-order valence-corrected chi connectivity index (χ3v) is 4.60. The topological polar surface area (TPSA) is 78.1 Å². The van der Waals surface area contributed by atoms with Gasteiger partial charge in [-0.2, -0.15) is 5.26 Å². The quantitative estimate of drug-likeness (QED) is 0.879. The lowest BCUT2D eigenvalue weighted by atomic mass is 10.1. The fraction of sp³-hybridized carbons (Fsp3) is 0.375. The second kappa shape index (κ2) is 4.61. The number of nitrogens with zero attached hydrogens (tertiary/aromatic N) is 1. The molecule has 2 heterocycles. The van der Waals surface area contributed by atoms with Crippen LogP contribution in [-0.4, -0.2) is 24.5 Å². The molecule has 1 saturated carbocycles. The first-order valence-electron chi connectivity index (χ1n) is 7.20. The molecule has 1 aliphatic heterocycles. The van der Waals surface area contributed by atoms with E-state index in [0.717, 1.165) is 19.4 Å². The zero-order valence-electron chi connectivity index (χ0n) is 11.4. The minimum Gasteiger partial charge on any atom is -0.463 e. The lowest BCUT2D eigenvalue weighted by molar-refractivity contribution is 0.0928. The Hall–Kier alpha value is -2.32. The summed E-state index contributed by atoms with van der Waals surface area (Å²) in [6.07, 6.45) is 3.64. The van der Waals surface area contributed by atoms with Crippen molar-refractivity contribution in [3.63, 3.8) is 0 Å². The number of amides is 1. The van der Waals surface area contributed by atoms with Crippen molar-refractivity contribution in [3.05, 3.63) is 35.6 Å². The molecule has 2 fully saturated rings. The van der Waals surface area contributed by atoms with Crippen molar-refractivity contribution < 1.29 is 9.21 Å². The van der Waals surface area contributed by atoms with E-state index in [0.29, 0.717) is 34.1 Å². The van der Waals surface area contributed by atoms with Crippen molar-refractivity contribution in [3.8, 4) is 6.07 Å². The molecule has 1 saturated heterocycles. The van der Waals surface area contributed by atoms with Crippen LogP contribution in [0.2, 0.25) is 0 Å². The molecule has 1 aromatic heterocycles. The minimum atomic E-state index is -0.0821. The molecular weight excluding hydrogens is 266 g/mol. The van der Waals surface area contributed by atoms with Gasteiger partial charge in [-0.15, -0.1) is 0 Å². The molecule has 5 heteroatoms. The summed E-state index contributed by atoms with van der Waals surface area (Å²) >= 11 is 0. The van der Waals surface area contributed by atoms with Gasteiger partial charge in [-0.05, 0) is 43.5 Å². The van der Waals surface area contributed by atoms with Crippen molar-refractivity contribution in [1.82, 2.24) is 10.6 Å². The van der Waals surface area contributed by atoms with Crippen LogP contribution in [-0.2, 0) is 0 Å². The number of benzene rings is 1. The number of furan rings is 1. The summed E-state index contributed by atoms with van der Waals surface area (Å²) in [6, 6.07) is 7.91. The maximum absolute atomic E-state index is 12.4. The highest BCUT2D eigenvalue weighted by Crippen LogP contribution is 2.31. The minimum absolute atomic E-state index is 0.0821. The van der Waals surface area contributed by atoms with Crippen LogP contribution >= 0.6 is 0 Å². The molecule has 0 radical (unpaired) electrons. The molecular formula is C16H15N3O2. The molecule has 21 heavy (non-hydrogen) atoms. The highest BCUT2D eigenvalue weighted by Gasteiger charge is 2.40. The number of rotatable bonds is 2. The van der Waals surface area contributed by atoms with E-state index in [1.54, 1.807) is 18.2 Å². The van der Waals surface area contributed by atoms with Gasteiger partial charge in [0, 0.05) is 23.0 Å². The Labute approximate surface area is 121 Å². The standard InChI is InChI=1S/C16H15N3O2/c17-6-11-8-21-15-2-1-10(5-12(11)15)16(20)19-14-4-9-3-13(14)18-7-9/h1-2,5,8-9,13-14,18H,3-4,7H2,(H,19,20). The third-order valence-electron chi connectivity index (χ3n) is 4.60. The van der Waals surface area contributed by atoms with E-state index in [1.165, 1.54) is 6.26 Å². The van der Waals surface area contributed by atoms with Crippen molar-refractivity contribution in [2.75, 3.05) is 6.54 Å². The lowest BCUT2D eigenvalue weighted by Crippen LogP contribution is -2.47. The van der Waals surface area contributed by atoms with Gasteiger partial charge in [0.05, 0.1) is 5.56 Å². The van der Waals surface area contributed by atoms with Crippen LogP contribution in [0.3, 0.4) is 0 Å². The number of hydrogen-bond acceptors (Lipinski definition) is 4. The normalized spacial score (nSPS) is 26.9. The number of nitriles is 1. The maximum atomic E-state index is 12.4. The van der Waals surface area contributed by atoms with Crippen molar-refractivity contribution >= 4 is 16.9 Å². The zero-order valence-corrected chi connectivity index (χ0v) is 11.4. The van der Waals surface area contributed by atoms with Gasteiger partial charge < -0.3 is 15.1 Å². The van der Waals surface area contributed by atoms with E-state index in [4.69, 9.17) is 9.68 Å². The molecule has 4 rings (SSSR count). The smallest absolute Gasteiger partial charge is 0.251 e. The van der Waals surface area contributed by atoms with Crippen LogP contribution in [0.15, 0.2) is 28.9 Å². The molecule has 0 spiro atoms. The first-order valence-corrected chi connectivity index (χ1v) is 7.20. The molecule has 106 valence electrons. The summed E-state index contributed by atoms with van der Waals surface area (Å²) in [4.78, 5) is 12.4. The molecule has 2 aliphatic rings. The molecule has 2 bridgehead atoms. The first-order chi connectivity index (χ1) is 10.2. The van der Waals surface area contributed by atoms with Crippen LogP contribution in [0.1, 0.15) is 28.8 Å². The summed E-state index contributed by atoms with van der Waals surface area (Å²) in [6.45, 7) is 1.07. The number of piperidine rings is 1. The highest BCUT2D eigenvalue weighted by atomic mass is 16.3. The van der Waals surface area contributed by atoms with Crippen LogP contribution in [0.25, 0.3) is 11.0 Å². The van der Waals surface area contributed by atoms with Gasteiger partial charge in [0.15, 0.2) is 0 Å². The van der Waals surface area contributed by atoms with E-state index >= 15 is 0 Å². The van der Waals surface area contributed by atoms with E-state index in [1.807, 2.05) is 0 Å². The first kappa shape index (κ1) is 12.4. The van der Waals surface area contributed by atoms with Crippen LogP contribution in [0, 0.1) is 17.2 Å². The van der Waals surface area contributed by atoms with E-state index in [2.05, 4.69) is 16.7 Å². The summed E-state index contributed by atoms with van der Waals surface area (Å²) in [5, 5.41) is 16.3. The fourth-order valence-corrected chi connectivity index (χ4v) is 3.52. The van der Waals surface area contributed by atoms with Gasteiger partial charge >= 0.3 is 0 Å². The van der Waals surface area contributed by atoms with E-state index in [9.17, 15) is 4.79 Å². The maximum Gasteiger partial charge on any atom is 0.251 e. The molecule has 3 unspecified atom stereocenters. The van der Waals surface area contributed by atoms with Gasteiger partial charge in [-0.25, -0.2) is 0 Å². The Kier molecular flexibility index (Phi) is 2.72. The van der Waals surface area contributed by atoms with Gasteiger partial charge in [0.25, 0.3) is 5.91 Å². The molecule has 1 amide bonds. The van der Waals surface area contributed by atoms with Crippen molar-refractivity contribution in [2.45, 2.75) is 24.9 Å². The molecule has 5 nitrogen and oxygen atoms in total. The van der Waals surface area contributed by atoms with E-state index in [-0.39, 0.29) is 11.9 Å². The summed E-state index contributed by atoms with van der Waals surface area (Å²) in [7, 11) is 0. The Bertz CT molecular complexity index is 758. The molecule has 2 aromatic rings. The number of carbonyl (C=O) groups is 1. The Morgan fingerprint density at radius 2 is 2.33 bits per heavy atom. The van der Waals surface area contributed by atoms with Crippen LogP contribution in [0.5, 0.6) is 0 Å². The molecule has 2 N–H and O–H groups in total. The van der Waals surface area contributed by atoms with E-state index < -0.39 is 0 Å². The second-order valence-electron chi connectivity index (χ2n) is 5.90. The Morgan fingerprint density at radius 1 is 1.43 bits per heavy atom. The number of carbonyl (C=O) groups excluding carboxylic acids is 1. The van der Waals surface area contributed by atoms with Gasteiger partial charge in [0.2, 0.25) is 0 Å². The molecule has 1 aromatic carbocycles. The van der Waals surface area contributed by atoms with Crippen molar-refractivity contribution in [1.29, 1.82) is 5.26 Å². The van der Waals surface area contributed by atoms with Crippen LogP contribution in [0.4, 0.5) is 0 Å².